The summed E-state index contributed by atoms with van der Waals surface area (Å²) in [6, 6.07) is 10.8. The van der Waals surface area contributed by atoms with Crippen LogP contribution in [-0.4, -0.2) is 36.1 Å². The summed E-state index contributed by atoms with van der Waals surface area (Å²) in [6.45, 7) is 2.83. The van der Waals surface area contributed by atoms with Crippen molar-refractivity contribution in [2.45, 2.75) is 13.5 Å². The zero-order valence-electron chi connectivity index (χ0n) is 17.4. The SMILES string of the molecule is CCOc1cc(CNc2cccc(-c3nccs3)c2[N+](=O)[O-])ccc1OC.CSC. The van der Waals surface area contributed by atoms with Crippen molar-refractivity contribution in [3.63, 3.8) is 0 Å². The van der Waals surface area contributed by atoms with E-state index in [4.69, 9.17) is 9.47 Å². The Labute approximate surface area is 184 Å². The molecule has 0 aliphatic heterocycles. The minimum Gasteiger partial charge on any atom is -0.493 e. The molecule has 0 aliphatic rings. The van der Waals surface area contributed by atoms with Gasteiger partial charge in [0.2, 0.25) is 0 Å². The van der Waals surface area contributed by atoms with Crippen LogP contribution in [0.4, 0.5) is 11.4 Å². The second kappa shape index (κ2) is 12.0. The summed E-state index contributed by atoms with van der Waals surface area (Å²) >= 11 is 3.12. The van der Waals surface area contributed by atoms with Gasteiger partial charge in [0.1, 0.15) is 10.7 Å². The predicted octanol–water partition coefficient (Wildman–Crippen LogP) is 5.72. The number of benzene rings is 2. The Kier molecular flexibility index (Phi) is 9.43. The number of nitrogens with zero attached hydrogens (tertiary/aromatic N) is 2. The number of nitro benzene ring substituents is 1. The summed E-state index contributed by atoms with van der Waals surface area (Å²) in [5, 5.41) is 17.3. The van der Waals surface area contributed by atoms with Gasteiger partial charge in [-0.2, -0.15) is 11.8 Å². The lowest BCUT2D eigenvalue weighted by Gasteiger charge is -2.13. The molecule has 0 bridgehead atoms. The third-order valence-corrected chi connectivity index (χ3v) is 4.70. The molecule has 1 heterocycles. The second-order valence-corrected chi connectivity index (χ2v) is 7.69. The molecule has 1 N–H and O–H groups in total. The monoisotopic (exact) mass is 447 g/mol. The zero-order chi connectivity index (χ0) is 21.9. The predicted molar refractivity (Wildman–Crippen MR) is 125 cm³/mol. The third kappa shape index (κ3) is 6.11. The van der Waals surface area contributed by atoms with Gasteiger partial charge in [0.25, 0.3) is 0 Å². The maximum Gasteiger partial charge on any atom is 0.302 e. The molecular weight excluding hydrogens is 422 g/mol. The van der Waals surface area contributed by atoms with Gasteiger partial charge in [-0.05, 0) is 49.3 Å². The van der Waals surface area contributed by atoms with E-state index in [2.05, 4.69) is 10.3 Å². The summed E-state index contributed by atoms with van der Waals surface area (Å²) in [6.07, 6.45) is 5.72. The minimum atomic E-state index is -0.376. The van der Waals surface area contributed by atoms with Crippen molar-refractivity contribution >= 4 is 34.5 Å². The zero-order valence-corrected chi connectivity index (χ0v) is 19.0. The molecule has 9 heteroatoms. The Bertz CT molecular complexity index is 949. The fourth-order valence-electron chi connectivity index (χ4n) is 2.71. The molecule has 0 radical (unpaired) electrons. The summed E-state index contributed by atoms with van der Waals surface area (Å²) in [4.78, 5) is 15.5. The molecule has 160 valence electrons. The number of hydrogen-bond donors (Lipinski definition) is 1. The van der Waals surface area contributed by atoms with E-state index in [0.717, 1.165) is 5.56 Å². The largest absolute Gasteiger partial charge is 0.493 e. The van der Waals surface area contributed by atoms with Crippen LogP contribution in [0.5, 0.6) is 11.5 Å². The Hall–Kier alpha value is -2.78. The van der Waals surface area contributed by atoms with Crippen LogP contribution < -0.4 is 14.8 Å². The van der Waals surface area contributed by atoms with E-state index >= 15 is 0 Å². The quantitative estimate of drug-likeness (QED) is 0.349. The van der Waals surface area contributed by atoms with Gasteiger partial charge in [0, 0.05) is 18.1 Å². The summed E-state index contributed by atoms with van der Waals surface area (Å²) < 4.78 is 10.9. The third-order valence-electron chi connectivity index (χ3n) is 3.89. The number of ether oxygens (including phenoxy) is 2. The summed E-state index contributed by atoms with van der Waals surface area (Å²) in [5.41, 5.74) is 1.89. The van der Waals surface area contributed by atoms with Gasteiger partial charge in [0.05, 0.1) is 24.2 Å². The lowest BCUT2D eigenvalue weighted by atomic mass is 10.1. The highest BCUT2D eigenvalue weighted by molar-refractivity contribution is 7.97. The van der Waals surface area contributed by atoms with Gasteiger partial charge in [-0.1, -0.05) is 12.1 Å². The van der Waals surface area contributed by atoms with Gasteiger partial charge in [-0.15, -0.1) is 11.3 Å². The highest BCUT2D eigenvalue weighted by Crippen LogP contribution is 2.37. The maximum atomic E-state index is 11.7. The van der Waals surface area contributed by atoms with E-state index in [9.17, 15) is 10.1 Å². The molecule has 3 rings (SSSR count). The number of methoxy groups -OCH3 is 1. The Morgan fingerprint density at radius 3 is 2.60 bits per heavy atom. The molecule has 0 atom stereocenters. The highest BCUT2D eigenvalue weighted by atomic mass is 32.2. The number of rotatable bonds is 8. The smallest absolute Gasteiger partial charge is 0.302 e. The number of nitro groups is 1. The van der Waals surface area contributed by atoms with Crippen LogP contribution >= 0.6 is 23.1 Å². The Morgan fingerprint density at radius 1 is 1.23 bits per heavy atom. The lowest BCUT2D eigenvalue weighted by Crippen LogP contribution is -2.04. The Balaban J connectivity index is 0.00000101. The number of anilines is 1. The number of thiazole rings is 1. The van der Waals surface area contributed by atoms with Gasteiger partial charge in [-0.25, -0.2) is 4.98 Å². The van der Waals surface area contributed by atoms with Gasteiger partial charge < -0.3 is 14.8 Å². The summed E-state index contributed by atoms with van der Waals surface area (Å²) in [7, 11) is 1.59. The van der Waals surface area contributed by atoms with Crippen LogP contribution in [0.2, 0.25) is 0 Å². The summed E-state index contributed by atoms with van der Waals surface area (Å²) in [5.74, 6) is 1.29. The van der Waals surface area contributed by atoms with Crippen LogP contribution in [0.15, 0.2) is 48.0 Å². The Morgan fingerprint density at radius 2 is 2.00 bits per heavy atom. The number of aromatic nitrogens is 1. The number of nitrogens with one attached hydrogen (secondary N) is 1. The number of para-hydroxylation sites is 1. The molecule has 0 saturated heterocycles. The molecule has 7 nitrogen and oxygen atoms in total. The highest BCUT2D eigenvalue weighted by Gasteiger charge is 2.22. The number of hydrogen-bond acceptors (Lipinski definition) is 8. The van der Waals surface area contributed by atoms with Crippen LogP contribution in [0, 0.1) is 10.1 Å². The van der Waals surface area contributed by atoms with Crippen molar-refractivity contribution in [2.75, 3.05) is 31.5 Å². The van der Waals surface area contributed by atoms with E-state index in [0.29, 0.717) is 40.9 Å². The van der Waals surface area contributed by atoms with E-state index in [1.54, 1.807) is 48.6 Å². The molecule has 0 amide bonds. The standard InChI is InChI=1S/C19H19N3O4S.C2H6S/c1-3-26-17-11-13(7-8-16(17)25-2)12-21-15-6-4-5-14(18(15)22(23)24)19-20-9-10-27-19;1-3-2/h4-11,21H,3,12H2,1-2H3;1-2H3. The van der Waals surface area contributed by atoms with Crippen molar-refractivity contribution < 1.29 is 14.4 Å². The second-order valence-electron chi connectivity index (χ2n) is 5.98. The fourth-order valence-corrected chi connectivity index (χ4v) is 3.37. The topological polar surface area (TPSA) is 86.5 Å². The van der Waals surface area contributed by atoms with Crippen molar-refractivity contribution in [1.82, 2.24) is 4.98 Å². The van der Waals surface area contributed by atoms with E-state index in [-0.39, 0.29) is 10.6 Å². The van der Waals surface area contributed by atoms with Crippen molar-refractivity contribution in [3.05, 3.63) is 63.7 Å². The molecule has 0 unspecified atom stereocenters. The van der Waals surface area contributed by atoms with Crippen molar-refractivity contribution in [2.24, 2.45) is 0 Å². The first-order chi connectivity index (χ1) is 14.5. The van der Waals surface area contributed by atoms with E-state index in [1.807, 2.05) is 37.6 Å². The van der Waals surface area contributed by atoms with E-state index in [1.165, 1.54) is 11.3 Å². The molecule has 0 fully saturated rings. The molecule has 2 aromatic carbocycles. The normalized spacial score (nSPS) is 10.0. The van der Waals surface area contributed by atoms with Crippen molar-refractivity contribution in [1.29, 1.82) is 0 Å². The average molecular weight is 448 g/mol. The van der Waals surface area contributed by atoms with Gasteiger partial charge in [-0.3, -0.25) is 10.1 Å². The molecule has 0 aliphatic carbocycles. The molecule has 1 aromatic heterocycles. The average Bonchev–Trinajstić information content (AvgIpc) is 3.27. The number of thioether (sulfide) groups is 1. The van der Waals surface area contributed by atoms with Gasteiger partial charge in [0.15, 0.2) is 11.5 Å². The fraction of sp³-hybridized carbons (Fsp3) is 0.286. The molecular formula is C21H25N3O4S2. The van der Waals surface area contributed by atoms with Crippen LogP contribution in [0.1, 0.15) is 12.5 Å². The molecule has 0 saturated carbocycles. The minimum absolute atomic E-state index is 0.0194. The lowest BCUT2D eigenvalue weighted by molar-refractivity contribution is -0.383. The molecule has 0 spiro atoms. The molecule has 3 aromatic rings. The van der Waals surface area contributed by atoms with Crippen LogP contribution in [0.25, 0.3) is 10.6 Å². The van der Waals surface area contributed by atoms with Crippen molar-refractivity contribution in [3.8, 4) is 22.1 Å². The van der Waals surface area contributed by atoms with Gasteiger partial charge >= 0.3 is 5.69 Å². The first-order valence-corrected chi connectivity index (χ1v) is 11.7. The molecule has 30 heavy (non-hydrogen) atoms. The van der Waals surface area contributed by atoms with Crippen LogP contribution in [-0.2, 0) is 6.54 Å². The van der Waals surface area contributed by atoms with E-state index < -0.39 is 0 Å². The first-order valence-electron chi connectivity index (χ1n) is 9.16. The van der Waals surface area contributed by atoms with Crippen LogP contribution in [0.3, 0.4) is 0 Å². The first kappa shape index (κ1) is 23.5. The maximum absolute atomic E-state index is 11.7.